The van der Waals surface area contributed by atoms with Gasteiger partial charge in [-0.1, -0.05) is 30.3 Å². The lowest BCUT2D eigenvalue weighted by atomic mass is 9.99. The van der Waals surface area contributed by atoms with Crippen LogP contribution in [-0.2, 0) is 13.7 Å². The summed E-state index contributed by atoms with van der Waals surface area (Å²) in [6.45, 7) is 2.07. The average Bonchev–Trinajstić information content (AvgIpc) is 3.59. The summed E-state index contributed by atoms with van der Waals surface area (Å²) in [5.74, 6) is -0.397. The number of nitrogens with zero attached hydrogens (tertiary/aromatic N) is 3. The number of fused-ring (bicyclic) bond motifs is 1. The van der Waals surface area contributed by atoms with Gasteiger partial charge in [-0.05, 0) is 72.7 Å². The van der Waals surface area contributed by atoms with Crippen molar-refractivity contribution in [3.05, 3.63) is 95.4 Å². The van der Waals surface area contributed by atoms with E-state index >= 15 is 0 Å². The van der Waals surface area contributed by atoms with Gasteiger partial charge in [0.25, 0.3) is 0 Å². The molecule has 1 saturated carbocycles. The summed E-state index contributed by atoms with van der Waals surface area (Å²) < 4.78 is 52.9. The molecule has 7 nitrogen and oxygen atoms in total. The fraction of sp³-hybridized carbons (Fsp3) is 0.226. The van der Waals surface area contributed by atoms with E-state index < -0.39 is 12.3 Å². The third kappa shape index (κ3) is 5.25. The van der Waals surface area contributed by atoms with Crippen molar-refractivity contribution >= 4 is 16.9 Å². The van der Waals surface area contributed by atoms with Crippen LogP contribution in [0.2, 0.25) is 0 Å². The Morgan fingerprint density at radius 2 is 1.88 bits per heavy atom. The van der Waals surface area contributed by atoms with E-state index in [1.165, 1.54) is 22.9 Å². The van der Waals surface area contributed by atoms with Crippen molar-refractivity contribution in [3.8, 4) is 28.3 Å². The molecule has 0 atom stereocenters. The summed E-state index contributed by atoms with van der Waals surface area (Å²) >= 11 is 0. The van der Waals surface area contributed by atoms with Gasteiger partial charge in [-0.25, -0.2) is 9.48 Å². The SMILES string of the molecule is Cc1cc(OCc2c(C3CC3)cnn2-c2ccccc2OC(F)(F)F)ccc1-c1ccc2c(C(=O)O)cn(C)c2c1. The number of rotatable bonds is 8. The number of hydrogen-bond acceptors (Lipinski definition) is 4. The number of ether oxygens (including phenoxy) is 2. The second kappa shape index (κ2) is 10.0. The Morgan fingerprint density at radius 3 is 2.59 bits per heavy atom. The summed E-state index contributed by atoms with van der Waals surface area (Å²) in [4.78, 5) is 11.6. The number of carboxylic acids is 1. The number of aromatic nitrogens is 3. The van der Waals surface area contributed by atoms with E-state index in [9.17, 15) is 23.1 Å². The first-order valence-electron chi connectivity index (χ1n) is 13.1. The van der Waals surface area contributed by atoms with Gasteiger partial charge in [0.1, 0.15) is 18.0 Å². The van der Waals surface area contributed by atoms with Crippen LogP contribution >= 0.6 is 0 Å². The molecular weight excluding hydrogens is 535 g/mol. The van der Waals surface area contributed by atoms with E-state index in [4.69, 9.17) is 4.74 Å². The molecule has 0 unspecified atom stereocenters. The van der Waals surface area contributed by atoms with Crippen molar-refractivity contribution in [3.63, 3.8) is 0 Å². The molecule has 0 saturated heterocycles. The van der Waals surface area contributed by atoms with E-state index in [1.54, 1.807) is 23.0 Å². The molecule has 1 aliphatic carbocycles. The number of benzene rings is 3. The molecule has 3 aromatic carbocycles. The molecule has 0 radical (unpaired) electrons. The van der Waals surface area contributed by atoms with Crippen molar-refractivity contribution in [1.29, 1.82) is 0 Å². The number of hydrogen-bond donors (Lipinski definition) is 1. The minimum Gasteiger partial charge on any atom is -0.487 e. The zero-order valence-corrected chi connectivity index (χ0v) is 22.3. The van der Waals surface area contributed by atoms with Crippen LogP contribution in [0.5, 0.6) is 11.5 Å². The van der Waals surface area contributed by atoms with Gasteiger partial charge in [-0.3, -0.25) is 0 Å². The van der Waals surface area contributed by atoms with Crippen LogP contribution < -0.4 is 9.47 Å². The summed E-state index contributed by atoms with van der Waals surface area (Å²) in [7, 11) is 1.82. The highest BCUT2D eigenvalue weighted by molar-refractivity contribution is 6.04. The standard InChI is InChI=1S/C31H26F3N3O4/c1-18-13-21(10-12-22(18)20-9-11-23-25(30(38)39)16-36(2)27(23)14-20)40-17-28-24(19-7-8-19)15-35-37(28)26-5-3-4-6-29(26)41-31(32,33)34/h3-6,9-16,19H,7-8,17H2,1-2H3,(H,38,39). The van der Waals surface area contributed by atoms with E-state index in [2.05, 4.69) is 9.84 Å². The lowest BCUT2D eigenvalue weighted by Gasteiger charge is -2.16. The first-order valence-corrected chi connectivity index (χ1v) is 13.1. The van der Waals surface area contributed by atoms with Crippen molar-refractivity contribution in [1.82, 2.24) is 14.3 Å². The van der Waals surface area contributed by atoms with Crippen molar-refractivity contribution in [2.45, 2.75) is 38.7 Å². The Kier molecular flexibility index (Phi) is 6.48. The quantitative estimate of drug-likeness (QED) is 0.214. The molecule has 10 heteroatoms. The molecule has 0 spiro atoms. The lowest BCUT2D eigenvalue weighted by Crippen LogP contribution is -2.19. The van der Waals surface area contributed by atoms with E-state index in [-0.39, 0.29) is 23.6 Å². The molecule has 2 aromatic heterocycles. The van der Waals surface area contributed by atoms with Crippen LogP contribution in [0, 0.1) is 6.92 Å². The molecule has 2 heterocycles. The van der Waals surface area contributed by atoms with Crippen LogP contribution in [0.25, 0.3) is 27.7 Å². The predicted octanol–water partition coefficient (Wildman–Crippen LogP) is 7.39. The monoisotopic (exact) mass is 561 g/mol. The van der Waals surface area contributed by atoms with Crippen LogP contribution in [0.1, 0.15) is 45.9 Å². The third-order valence-corrected chi connectivity index (χ3v) is 7.34. The number of carboxylic acid groups (broad SMARTS) is 1. The number of halogens is 3. The Labute approximate surface area is 233 Å². The van der Waals surface area contributed by atoms with Gasteiger partial charge in [0, 0.05) is 29.7 Å². The maximum atomic E-state index is 13.1. The largest absolute Gasteiger partial charge is 0.573 e. The fourth-order valence-corrected chi connectivity index (χ4v) is 5.24. The molecular formula is C31H26F3N3O4. The minimum atomic E-state index is -4.83. The van der Waals surface area contributed by atoms with Gasteiger partial charge in [-0.15, -0.1) is 13.2 Å². The minimum absolute atomic E-state index is 0.109. The molecule has 210 valence electrons. The van der Waals surface area contributed by atoms with Crippen LogP contribution in [0.4, 0.5) is 13.2 Å². The molecule has 41 heavy (non-hydrogen) atoms. The summed E-state index contributed by atoms with van der Waals surface area (Å²) in [6.07, 6.45) is 0.459. The number of aromatic carboxylic acids is 1. The molecule has 0 bridgehead atoms. The first kappa shape index (κ1) is 26.5. The van der Waals surface area contributed by atoms with E-state index in [0.717, 1.165) is 40.6 Å². The van der Waals surface area contributed by atoms with Crippen LogP contribution in [0.15, 0.2) is 73.1 Å². The Hall–Kier alpha value is -4.73. The summed E-state index contributed by atoms with van der Waals surface area (Å²) in [5.41, 5.74) is 5.75. The molecule has 1 aliphatic rings. The normalized spacial score (nSPS) is 13.5. The van der Waals surface area contributed by atoms with Gasteiger partial charge in [0.05, 0.1) is 17.5 Å². The molecule has 6 rings (SSSR count). The van der Waals surface area contributed by atoms with Crippen LogP contribution in [-0.4, -0.2) is 31.8 Å². The van der Waals surface area contributed by atoms with Gasteiger partial charge in [0.2, 0.25) is 0 Å². The average molecular weight is 562 g/mol. The van der Waals surface area contributed by atoms with Gasteiger partial charge in [-0.2, -0.15) is 5.10 Å². The molecule has 1 fully saturated rings. The topological polar surface area (TPSA) is 78.5 Å². The maximum Gasteiger partial charge on any atom is 0.573 e. The second-order valence-electron chi connectivity index (χ2n) is 10.2. The zero-order valence-electron chi connectivity index (χ0n) is 22.3. The van der Waals surface area contributed by atoms with Gasteiger partial charge >= 0.3 is 12.3 Å². The molecule has 1 N–H and O–H groups in total. The third-order valence-electron chi connectivity index (χ3n) is 7.34. The zero-order chi connectivity index (χ0) is 28.9. The Bertz CT molecular complexity index is 1780. The maximum absolute atomic E-state index is 13.1. The highest BCUT2D eigenvalue weighted by atomic mass is 19.4. The summed E-state index contributed by atoms with van der Waals surface area (Å²) in [6, 6.07) is 17.3. The molecule has 0 aliphatic heterocycles. The second-order valence-corrected chi connectivity index (χ2v) is 10.2. The van der Waals surface area contributed by atoms with E-state index in [1.807, 2.05) is 50.4 Å². The number of para-hydroxylation sites is 2. The number of carbonyl (C=O) groups is 1. The molecule has 0 amide bonds. The molecule has 5 aromatic rings. The number of alkyl halides is 3. The van der Waals surface area contributed by atoms with Crippen LogP contribution in [0.3, 0.4) is 0 Å². The Morgan fingerprint density at radius 1 is 1.10 bits per heavy atom. The van der Waals surface area contributed by atoms with Gasteiger partial charge in [0.15, 0.2) is 5.75 Å². The Balaban J connectivity index is 1.28. The predicted molar refractivity (Wildman–Crippen MR) is 147 cm³/mol. The fourth-order valence-electron chi connectivity index (χ4n) is 5.24. The van der Waals surface area contributed by atoms with Crippen molar-refractivity contribution in [2.75, 3.05) is 0 Å². The lowest BCUT2D eigenvalue weighted by molar-refractivity contribution is -0.274. The smallest absolute Gasteiger partial charge is 0.487 e. The highest BCUT2D eigenvalue weighted by Gasteiger charge is 2.34. The van der Waals surface area contributed by atoms with Gasteiger partial charge < -0.3 is 19.1 Å². The van der Waals surface area contributed by atoms with Crippen molar-refractivity contribution in [2.24, 2.45) is 7.05 Å². The van der Waals surface area contributed by atoms with Crippen molar-refractivity contribution < 1.29 is 32.5 Å². The summed E-state index contributed by atoms with van der Waals surface area (Å²) in [5, 5.41) is 14.6. The van der Waals surface area contributed by atoms with E-state index in [0.29, 0.717) is 22.7 Å². The number of aryl methyl sites for hydroxylation is 2. The first-order chi connectivity index (χ1) is 19.6. The highest BCUT2D eigenvalue weighted by Crippen LogP contribution is 2.43.